The van der Waals surface area contributed by atoms with Crippen LogP contribution in [-0.4, -0.2) is 36.3 Å². The van der Waals surface area contributed by atoms with Crippen molar-refractivity contribution in [1.82, 2.24) is 4.90 Å². The van der Waals surface area contributed by atoms with Gasteiger partial charge in [-0.05, 0) is 56.2 Å². The Balaban J connectivity index is 1.72. The summed E-state index contributed by atoms with van der Waals surface area (Å²) in [5.74, 6) is 0.912. The molecule has 0 bridgehead atoms. The van der Waals surface area contributed by atoms with Crippen molar-refractivity contribution in [2.24, 2.45) is 23.5 Å². The lowest BCUT2D eigenvalue weighted by atomic mass is 9.95. The Hall–Kier alpha value is -1.88. The van der Waals surface area contributed by atoms with Crippen LogP contribution in [0.1, 0.15) is 49.4 Å². The molecule has 1 heterocycles. The Labute approximate surface area is 150 Å². The first kappa shape index (κ1) is 17.9. The van der Waals surface area contributed by atoms with E-state index >= 15 is 0 Å². The number of carbonyl (C=O) groups is 2. The lowest BCUT2D eigenvalue weighted by Crippen LogP contribution is -2.38. The van der Waals surface area contributed by atoms with Gasteiger partial charge in [-0.15, -0.1) is 0 Å². The van der Waals surface area contributed by atoms with Crippen molar-refractivity contribution < 1.29 is 9.59 Å². The maximum Gasteiger partial charge on any atom is 0.255 e. The molecule has 2 amide bonds. The molecule has 0 spiro atoms. The number of likely N-dealkylation sites (tertiary alicyclic amines) is 1. The van der Waals surface area contributed by atoms with E-state index in [9.17, 15) is 9.59 Å². The minimum atomic E-state index is -0.0380. The molecule has 1 saturated carbocycles. The Morgan fingerprint density at radius 3 is 2.60 bits per heavy atom. The van der Waals surface area contributed by atoms with E-state index in [1.54, 1.807) is 0 Å². The van der Waals surface area contributed by atoms with E-state index in [0.717, 1.165) is 45.2 Å². The average molecular weight is 343 g/mol. The van der Waals surface area contributed by atoms with E-state index in [0.29, 0.717) is 23.7 Å². The Kier molecular flexibility index (Phi) is 5.74. The summed E-state index contributed by atoms with van der Waals surface area (Å²) in [5.41, 5.74) is 7.02. The minimum absolute atomic E-state index is 0.000432. The van der Waals surface area contributed by atoms with Crippen LogP contribution in [-0.2, 0) is 4.79 Å². The van der Waals surface area contributed by atoms with Gasteiger partial charge in [-0.25, -0.2) is 0 Å². The Morgan fingerprint density at radius 1 is 1.16 bits per heavy atom. The SMILES string of the molecule is CC1CCN(C(=O)c2ccccc2NC(=O)[C@@H]2CCC[C@@H]2CN)CC1. The normalized spacial score (nSPS) is 24.3. The van der Waals surface area contributed by atoms with Crippen LogP contribution in [0.15, 0.2) is 24.3 Å². The third kappa shape index (κ3) is 4.03. The van der Waals surface area contributed by atoms with Gasteiger partial charge < -0.3 is 16.0 Å². The predicted molar refractivity (Wildman–Crippen MR) is 99.3 cm³/mol. The van der Waals surface area contributed by atoms with Gasteiger partial charge in [-0.1, -0.05) is 25.5 Å². The number of amides is 2. The zero-order valence-electron chi connectivity index (χ0n) is 15.0. The van der Waals surface area contributed by atoms with Gasteiger partial charge >= 0.3 is 0 Å². The van der Waals surface area contributed by atoms with E-state index in [2.05, 4.69) is 12.2 Å². The number of nitrogens with two attached hydrogens (primary N) is 1. The number of anilines is 1. The third-order valence-electron chi connectivity index (χ3n) is 5.78. The number of nitrogens with one attached hydrogen (secondary N) is 1. The van der Waals surface area contributed by atoms with Crippen LogP contribution in [0.3, 0.4) is 0 Å². The fourth-order valence-electron chi connectivity index (χ4n) is 4.05. The summed E-state index contributed by atoms with van der Waals surface area (Å²) in [4.78, 5) is 27.5. The highest BCUT2D eigenvalue weighted by Crippen LogP contribution is 2.32. The van der Waals surface area contributed by atoms with E-state index in [1.807, 2.05) is 29.2 Å². The first-order valence-electron chi connectivity index (χ1n) is 9.49. The van der Waals surface area contributed by atoms with Crippen LogP contribution < -0.4 is 11.1 Å². The van der Waals surface area contributed by atoms with Crippen molar-refractivity contribution in [2.45, 2.75) is 39.0 Å². The smallest absolute Gasteiger partial charge is 0.255 e. The molecular weight excluding hydrogens is 314 g/mol. The molecular formula is C20H29N3O2. The summed E-state index contributed by atoms with van der Waals surface area (Å²) in [6.07, 6.45) is 5.03. The molecule has 3 N–H and O–H groups in total. The summed E-state index contributed by atoms with van der Waals surface area (Å²) in [6.45, 7) is 4.36. The monoisotopic (exact) mass is 343 g/mol. The number of piperidine rings is 1. The first-order chi connectivity index (χ1) is 12.1. The fourth-order valence-corrected chi connectivity index (χ4v) is 4.05. The molecule has 3 rings (SSSR count). The standard InChI is InChI=1S/C20H29N3O2/c1-14-9-11-23(12-10-14)20(25)17-6-2-3-8-18(17)22-19(24)16-7-4-5-15(16)13-21/h2-3,6,8,14-16H,4-5,7,9-13,21H2,1H3,(H,22,24)/t15-,16-/m1/s1. The van der Waals surface area contributed by atoms with Crippen LogP contribution in [0.5, 0.6) is 0 Å². The summed E-state index contributed by atoms with van der Waals surface area (Å²) in [5, 5.41) is 3.00. The Morgan fingerprint density at radius 2 is 1.88 bits per heavy atom. The van der Waals surface area contributed by atoms with Gasteiger partial charge in [0.25, 0.3) is 5.91 Å². The second kappa shape index (κ2) is 8.00. The molecule has 1 aromatic carbocycles. The van der Waals surface area contributed by atoms with Crippen LogP contribution in [0.4, 0.5) is 5.69 Å². The van der Waals surface area contributed by atoms with Gasteiger partial charge in [-0.2, -0.15) is 0 Å². The van der Waals surface area contributed by atoms with Crippen molar-refractivity contribution in [2.75, 3.05) is 25.0 Å². The van der Waals surface area contributed by atoms with Gasteiger partial charge in [0, 0.05) is 19.0 Å². The molecule has 2 aliphatic rings. The van der Waals surface area contributed by atoms with Crippen molar-refractivity contribution in [3.63, 3.8) is 0 Å². The minimum Gasteiger partial charge on any atom is -0.339 e. The van der Waals surface area contributed by atoms with E-state index < -0.39 is 0 Å². The number of para-hydroxylation sites is 1. The average Bonchev–Trinajstić information content (AvgIpc) is 3.11. The summed E-state index contributed by atoms with van der Waals surface area (Å²) < 4.78 is 0. The number of rotatable bonds is 4. The van der Waals surface area contributed by atoms with Crippen molar-refractivity contribution in [3.05, 3.63) is 29.8 Å². The highest BCUT2D eigenvalue weighted by Gasteiger charge is 2.32. The predicted octanol–water partition coefficient (Wildman–Crippen LogP) is 2.87. The van der Waals surface area contributed by atoms with E-state index in [-0.39, 0.29) is 23.7 Å². The topological polar surface area (TPSA) is 75.4 Å². The van der Waals surface area contributed by atoms with Crippen LogP contribution in [0, 0.1) is 17.8 Å². The van der Waals surface area contributed by atoms with Crippen LogP contribution in [0.2, 0.25) is 0 Å². The molecule has 0 aromatic heterocycles. The molecule has 2 atom stereocenters. The largest absolute Gasteiger partial charge is 0.339 e. The van der Waals surface area contributed by atoms with E-state index in [1.165, 1.54) is 0 Å². The quantitative estimate of drug-likeness (QED) is 0.883. The van der Waals surface area contributed by atoms with Gasteiger partial charge in [0.1, 0.15) is 0 Å². The first-order valence-corrected chi connectivity index (χ1v) is 9.49. The highest BCUT2D eigenvalue weighted by molar-refractivity contribution is 6.04. The second-order valence-electron chi connectivity index (χ2n) is 7.54. The molecule has 5 heteroatoms. The van der Waals surface area contributed by atoms with Crippen LogP contribution in [0.25, 0.3) is 0 Å². The third-order valence-corrected chi connectivity index (χ3v) is 5.78. The number of hydrogen-bond acceptors (Lipinski definition) is 3. The molecule has 2 fully saturated rings. The molecule has 136 valence electrons. The van der Waals surface area contributed by atoms with E-state index in [4.69, 9.17) is 5.73 Å². The number of carbonyl (C=O) groups excluding carboxylic acids is 2. The van der Waals surface area contributed by atoms with Crippen LogP contribution >= 0.6 is 0 Å². The molecule has 0 radical (unpaired) electrons. The maximum absolute atomic E-state index is 12.9. The number of nitrogens with zero attached hydrogens (tertiary/aromatic N) is 1. The molecule has 1 aliphatic carbocycles. The molecule has 0 unspecified atom stereocenters. The number of benzene rings is 1. The fraction of sp³-hybridized carbons (Fsp3) is 0.600. The Bertz CT molecular complexity index is 623. The highest BCUT2D eigenvalue weighted by atomic mass is 16.2. The zero-order valence-corrected chi connectivity index (χ0v) is 15.0. The maximum atomic E-state index is 12.9. The lowest BCUT2D eigenvalue weighted by Gasteiger charge is -2.31. The molecule has 1 aliphatic heterocycles. The van der Waals surface area contributed by atoms with Gasteiger partial charge in [0.15, 0.2) is 0 Å². The van der Waals surface area contributed by atoms with Gasteiger partial charge in [0.2, 0.25) is 5.91 Å². The second-order valence-corrected chi connectivity index (χ2v) is 7.54. The van der Waals surface area contributed by atoms with Gasteiger partial charge in [-0.3, -0.25) is 9.59 Å². The van der Waals surface area contributed by atoms with Crippen molar-refractivity contribution in [1.29, 1.82) is 0 Å². The number of hydrogen-bond donors (Lipinski definition) is 2. The summed E-state index contributed by atoms with van der Waals surface area (Å²) in [6, 6.07) is 7.35. The lowest BCUT2D eigenvalue weighted by molar-refractivity contribution is -0.120. The summed E-state index contributed by atoms with van der Waals surface area (Å²) >= 11 is 0. The van der Waals surface area contributed by atoms with Crippen molar-refractivity contribution in [3.8, 4) is 0 Å². The molecule has 5 nitrogen and oxygen atoms in total. The summed E-state index contributed by atoms with van der Waals surface area (Å²) in [7, 11) is 0. The molecule has 1 saturated heterocycles. The molecule has 25 heavy (non-hydrogen) atoms. The van der Waals surface area contributed by atoms with Gasteiger partial charge in [0.05, 0.1) is 11.3 Å². The zero-order chi connectivity index (χ0) is 17.8. The molecule has 1 aromatic rings. The van der Waals surface area contributed by atoms with Crippen molar-refractivity contribution >= 4 is 17.5 Å².